The lowest BCUT2D eigenvalue weighted by Gasteiger charge is -2.48. The van der Waals surface area contributed by atoms with Gasteiger partial charge in [0.05, 0.1) is 38.6 Å². The molecule has 1 amide bonds. The topological polar surface area (TPSA) is 307 Å². The Bertz CT molecular complexity index is 2120. The summed E-state index contributed by atoms with van der Waals surface area (Å²) in [5, 5.41) is 121. The number of hydrogen-bond donors (Lipinski definition) is 12. The summed E-state index contributed by atoms with van der Waals surface area (Å²) < 4.78 is 34.4. The van der Waals surface area contributed by atoms with Crippen LogP contribution < -0.4 is 5.32 Å². The smallest absolute Gasteiger partial charge is 0.220 e. The van der Waals surface area contributed by atoms with Crippen molar-refractivity contribution in [1.29, 1.82) is 0 Å². The Labute approximate surface area is 597 Å². The average molecular weight is 1400 g/mol. The van der Waals surface area contributed by atoms with Gasteiger partial charge in [-0.25, -0.2) is 0 Å². The van der Waals surface area contributed by atoms with Crippen molar-refractivity contribution >= 4 is 5.91 Å². The van der Waals surface area contributed by atoms with E-state index in [1.54, 1.807) is 6.08 Å². The van der Waals surface area contributed by atoms with Crippen molar-refractivity contribution < 1.29 is 89.4 Å². The van der Waals surface area contributed by atoms with E-state index in [1.165, 1.54) is 180 Å². The first kappa shape index (κ1) is 90.2. The first-order valence-corrected chi connectivity index (χ1v) is 39.3. The maximum atomic E-state index is 13.5. The highest BCUT2D eigenvalue weighted by Crippen LogP contribution is 2.33. The average Bonchev–Trinajstić information content (AvgIpc) is 0.761. The predicted molar refractivity (Wildman–Crippen MR) is 392 cm³/mol. The molecule has 574 valence electrons. The molecule has 0 aromatic rings. The standard InChI is InChI=1S/C80H141NO18/c1-3-5-7-9-11-13-15-17-19-21-23-25-26-27-28-29-30-31-32-33-34-35-36-38-40-42-44-46-48-50-52-54-56-58-68(86)81-63(64(85)57-55-53-51-49-47-45-43-41-39-37-24-22-20-18-16-14-12-10-8-6-4-2)62-94-78-74(92)71(89)76(66(60-83)96-78)99-80-75(93)72(90)77(67(61-84)97-80)98-79-73(91)70(88)69(87)65(59-82)95-79/h5,7,11,13,17,19,23,25,39,41,47,49,55,57,63-67,69-80,82-85,87-93H,3-4,6,8-10,12,14-16,18,20-22,24,26-38,40,42-46,48,50-54,56,58-62H2,1-2H3,(H,81,86)/b7-5-,13-11-,19-17-,25-23-,41-39+,49-47+,57-55+. The van der Waals surface area contributed by atoms with Crippen LogP contribution in [-0.4, -0.2) is 193 Å². The van der Waals surface area contributed by atoms with Crippen molar-refractivity contribution in [3.05, 3.63) is 85.1 Å². The van der Waals surface area contributed by atoms with Gasteiger partial charge in [-0.1, -0.05) is 279 Å². The number of hydrogen-bond acceptors (Lipinski definition) is 18. The maximum Gasteiger partial charge on any atom is 0.220 e. The van der Waals surface area contributed by atoms with Gasteiger partial charge in [-0.15, -0.1) is 0 Å². The van der Waals surface area contributed by atoms with Crippen LogP contribution in [0.5, 0.6) is 0 Å². The number of allylic oxidation sites excluding steroid dienone is 13. The highest BCUT2D eigenvalue weighted by Gasteiger charge is 2.53. The number of aliphatic hydroxyl groups excluding tert-OH is 11. The van der Waals surface area contributed by atoms with Gasteiger partial charge in [0.15, 0.2) is 18.9 Å². The second-order valence-corrected chi connectivity index (χ2v) is 27.8. The molecule has 3 fully saturated rings. The number of rotatable bonds is 61. The molecule has 17 atom stereocenters. The molecule has 0 aliphatic carbocycles. The van der Waals surface area contributed by atoms with Crippen molar-refractivity contribution in [3.63, 3.8) is 0 Å². The molecule has 99 heavy (non-hydrogen) atoms. The van der Waals surface area contributed by atoms with Crippen molar-refractivity contribution in [2.45, 2.75) is 388 Å². The summed E-state index contributed by atoms with van der Waals surface area (Å²) in [5.74, 6) is -0.288. The van der Waals surface area contributed by atoms with Crippen LogP contribution in [0.3, 0.4) is 0 Å². The summed E-state index contributed by atoms with van der Waals surface area (Å²) in [6.07, 6.45) is 52.9. The van der Waals surface area contributed by atoms with E-state index in [0.29, 0.717) is 12.8 Å². The SMILES string of the molecule is CC/C=C\C/C=C\C/C=C\C/C=C\CCCCCCCCCCCCCCCCCCCCCCC(=O)NC(COC1OC(CO)C(OC2OC(CO)C(OC3OC(CO)C(O)C(O)C3O)C(O)C2O)C(O)C1O)C(O)/C=C/CC/C=C/CC/C=C/CCCCCCCCCCCCC. The van der Waals surface area contributed by atoms with Crippen molar-refractivity contribution in [2.75, 3.05) is 26.4 Å². The van der Waals surface area contributed by atoms with E-state index in [4.69, 9.17) is 28.4 Å². The van der Waals surface area contributed by atoms with Crippen LogP contribution in [0.15, 0.2) is 85.1 Å². The third kappa shape index (κ3) is 40.7. The van der Waals surface area contributed by atoms with Gasteiger partial charge in [-0.05, 0) is 83.5 Å². The largest absolute Gasteiger partial charge is 0.394 e. The highest BCUT2D eigenvalue weighted by molar-refractivity contribution is 5.76. The van der Waals surface area contributed by atoms with Crippen LogP contribution in [0.2, 0.25) is 0 Å². The zero-order valence-electron chi connectivity index (χ0n) is 61.2. The Morgan fingerprint density at radius 1 is 0.374 bits per heavy atom. The van der Waals surface area contributed by atoms with Gasteiger partial charge in [0.25, 0.3) is 0 Å². The molecule has 0 bridgehead atoms. The van der Waals surface area contributed by atoms with Crippen LogP contribution in [0.4, 0.5) is 0 Å². The fourth-order valence-corrected chi connectivity index (χ4v) is 12.9. The minimum absolute atomic E-state index is 0.231. The van der Waals surface area contributed by atoms with E-state index >= 15 is 0 Å². The van der Waals surface area contributed by atoms with Crippen LogP contribution in [0.1, 0.15) is 284 Å². The lowest BCUT2D eigenvalue weighted by atomic mass is 9.96. The molecular formula is C80H141NO18. The van der Waals surface area contributed by atoms with Gasteiger partial charge in [0.1, 0.15) is 73.2 Å². The highest BCUT2D eigenvalue weighted by atomic mass is 16.8. The van der Waals surface area contributed by atoms with Gasteiger partial charge in [-0.3, -0.25) is 4.79 Å². The third-order valence-electron chi connectivity index (χ3n) is 19.2. The molecule has 12 N–H and O–H groups in total. The normalized spacial score (nSPS) is 27.1. The summed E-state index contributed by atoms with van der Waals surface area (Å²) in [6, 6.07) is -1.000. The van der Waals surface area contributed by atoms with Gasteiger partial charge in [0, 0.05) is 6.42 Å². The Morgan fingerprint density at radius 3 is 1.13 bits per heavy atom. The molecule has 3 heterocycles. The van der Waals surface area contributed by atoms with E-state index in [1.807, 2.05) is 6.08 Å². The Hall–Kier alpha value is -3.03. The quantitative estimate of drug-likeness (QED) is 0.0199. The van der Waals surface area contributed by atoms with Gasteiger partial charge < -0.3 is 89.9 Å². The Morgan fingerprint density at radius 2 is 0.707 bits per heavy atom. The molecule has 17 unspecified atom stereocenters. The molecule has 0 saturated carbocycles. The first-order chi connectivity index (χ1) is 48.3. The van der Waals surface area contributed by atoms with Crippen LogP contribution in [0, 0.1) is 0 Å². The number of carbonyl (C=O) groups excluding carboxylic acids is 1. The Kier molecular flexibility index (Phi) is 54.9. The zero-order valence-corrected chi connectivity index (χ0v) is 61.2. The van der Waals surface area contributed by atoms with Crippen molar-refractivity contribution in [2.24, 2.45) is 0 Å². The molecule has 0 radical (unpaired) electrons. The first-order valence-electron chi connectivity index (χ1n) is 39.3. The fraction of sp³-hybridized carbons (Fsp3) is 0.812. The molecule has 3 aliphatic heterocycles. The van der Waals surface area contributed by atoms with Crippen LogP contribution in [0.25, 0.3) is 0 Å². The van der Waals surface area contributed by atoms with Crippen molar-refractivity contribution in [1.82, 2.24) is 5.32 Å². The van der Waals surface area contributed by atoms with E-state index in [2.05, 4.69) is 92.1 Å². The monoisotopic (exact) mass is 1400 g/mol. The summed E-state index contributed by atoms with van der Waals surface area (Å²) >= 11 is 0. The van der Waals surface area contributed by atoms with Gasteiger partial charge in [0.2, 0.25) is 5.91 Å². The fourth-order valence-electron chi connectivity index (χ4n) is 12.9. The molecule has 19 heteroatoms. The number of unbranched alkanes of at least 4 members (excludes halogenated alkanes) is 33. The lowest BCUT2D eigenvalue weighted by Crippen LogP contribution is -2.66. The summed E-state index contributed by atoms with van der Waals surface area (Å²) in [6.45, 7) is 1.62. The van der Waals surface area contributed by atoms with E-state index in [-0.39, 0.29) is 18.9 Å². The summed E-state index contributed by atoms with van der Waals surface area (Å²) in [5.41, 5.74) is 0. The number of carbonyl (C=O) groups is 1. The zero-order chi connectivity index (χ0) is 71.8. The maximum absolute atomic E-state index is 13.5. The predicted octanol–water partition coefficient (Wildman–Crippen LogP) is 12.6. The van der Waals surface area contributed by atoms with Crippen LogP contribution in [-0.2, 0) is 33.2 Å². The number of nitrogens with one attached hydrogen (secondary N) is 1. The molecule has 0 spiro atoms. The summed E-state index contributed by atoms with van der Waals surface area (Å²) in [4.78, 5) is 13.5. The minimum Gasteiger partial charge on any atom is -0.394 e. The molecular weight excluding hydrogens is 1260 g/mol. The molecule has 0 aromatic carbocycles. The second-order valence-electron chi connectivity index (χ2n) is 27.8. The number of ether oxygens (including phenoxy) is 6. The third-order valence-corrected chi connectivity index (χ3v) is 19.2. The van der Waals surface area contributed by atoms with Gasteiger partial charge >= 0.3 is 0 Å². The molecule has 3 rings (SSSR count). The molecule has 0 aromatic heterocycles. The van der Waals surface area contributed by atoms with E-state index in [0.717, 1.165) is 70.6 Å². The molecule has 3 saturated heterocycles. The lowest BCUT2D eigenvalue weighted by molar-refractivity contribution is -0.379. The van der Waals surface area contributed by atoms with E-state index < -0.39 is 124 Å². The Balaban J connectivity index is 1.37. The summed E-state index contributed by atoms with van der Waals surface area (Å²) in [7, 11) is 0. The molecule has 3 aliphatic rings. The van der Waals surface area contributed by atoms with Crippen LogP contribution >= 0.6 is 0 Å². The minimum atomic E-state index is -1.99. The number of amides is 1. The number of aliphatic hydroxyl groups is 11. The van der Waals surface area contributed by atoms with Gasteiger partial charge in [-0.2, -0.15) is 0 Å². The second kappa shape index (κ2) is 60.3. The van der Waals surface area contributed by atoms with E-state index in [9.17, 15) is 61.0 Å². The van der Waals surface area contributed by atoms with Crippen molar-refractivity contribution in [3.8, 4) is 0 Å². The molecule has 19 nitrogen and oxygen atoms in total.